The van der Waals surface area contributed by atoms with Gasteiger partial charge in [-0.25, -0.2) is 0 Å². The van der Waals surface area contributed by atoms with Gasteiger partial charge in [0.2, 0.25) is 5.91 Å². The second-order valence-electron chi connectivity index (χ2n) is 5.87. The molecule has 1 saturated heterocycles. The predicted octanol–water partition coefficient (Wildman–Crippen LogP) is 3.10. The van der Waals surface area contributed by atoms with Gasteiger partial charge >= 0.3 is 0 Å². The van der Waals surface area contributed by atoms with Crippen LogP contribution in [0.5, 0.6) is 0 Å². The molecule has 1 aliphatic rings. The Balaban J connectivity index is 2.34. The van der Waals surface area contributed by atoms with Gasteiger partial charge < -0.3 is 14.8 Å². The Morgan fingerprint density at radius 3 is 2.43 bits per heavy atom. The number of rotatable bonds is 8. The van der Waals surface area contributed by atoms with E-state index in [0.717, 1.165) is 5.56 Å². The zero-order valence-corrected chi connectivity index (χ0v) is 14.9. The van der Waals surface area contributed by atoms with E-state index in [9.17, 15) is 4.79 Å². The van der Waals surface area contributed by atoms with Gasteiger partial charge in [0.15, 0.2) is 6.29 Å². The molecular formula is C15H18N10O3. The van der Waals surface area contributed by atoms with Crippen LogP contribution >= 0.6 is 0 Å². The van der Waals surface area contributed by atoms with E-state index < -0.39 is 36.4 Å². The number of hydrogen-bond donors (Lipinski definition) is 1. The molecular weight excluding hydrogens is 368 g/mol. The molecule has 1 aliphatic heterocycles. The molecule has 0 bridgehead atoms. The summed E-state index contributed by atoms with van der Waals surface area (Å²) < 4.78 is 11.6. The van der Waals surface area contributed by atoms with Crippen molar-refractivity contribution in [3.63, 3.8) is 0 Å². The van der Waals surface area contributed by atoms with E-state index in [2.05, 4.69) is 35.4 Å². The second-order valence-corrected chi connectivity index (χ2v) is 5.87. The number of hydrogen-bond acceptors (Lipinski definition) is 6. The van der Waals surface area contributed by atoms with Crippen LogP contribution in [0.1, 0.15) is 12.5 Å². The molecule has 0 radical (unpaired) electrons. The summed E-state index contributed by atoms with van der Waals surface area (Å²) in [6, 6.07) is 6.34. The SMILES string of the molecule is CC(=O)N[C@@H]1[C@@H](OCc2ccccc2)O[C@@H](CN=[N+]=[N-])[C@@H](N=[N+]=[N-])[C@@H]1N=[N+]=[N-]. The zero-order chi connectivity index (χ0) is 20.4. The first kappa shape index (κ1) is 20.8. The van der Waals surface area contributed by atoms with Crippen molar-refractivity contribution in [2.24, 2.45) is 15.3 Å². The van der Waals surface area contributed by atoms with Crippen molar-refractivity contribution < 1.29 is 14.3 Å². The normalized spacial score (nSPS) is 26.1. The lowest BCUT2D eigenvalue weighted by Crippen LogP contribution is -2.63. The molecule has 1 heterocycles. The quantitative estimate of drug-likeness (QED) is 0.408. The molecule has 13 nitrogen and oxygen atoms in total. The average molecular weight is 386 g/mol. The van der Waals surface area contributed by atoms with E-state index in [-0.39, 0.29) is 13.2 Å². The van der Waals surface area contributed by atoms with Crippen LogP contribution in [0.25, 0.3) is 31.3 Å². The molecule has 1 N–H and O–H groups in total. The van der Waals surface area contributed by atoms with E-state index >= 15 is 0 Å². The van der Waals surface area contributed by atoms with Crippen LogP contribution in [0.15, 0.2) is 45.7 Å². The molecule has 0 aliphatic carbocycles. The second kappa shape index (κ2) is 10.6. The molecule has 2 rings (SSSR count). The minimum absolute atomic E-state index is 0.158. The summed E-state index contributed by atoms with van der Waals surface area (Å²) >= 11 is 0. The van der Waals surface area contributed by atoms with Gasteiger partial charge in [0.25, 0.3) is 0 Å². The summed E-state index contributed by atoms with van der Waals surface area (Å²) in [5.41, 5.74) is 27.3. The lowest BCUT2D eigenvalue weighted by atomic mass is 9.92. The third kappa shape index (κ3) is 5.52. The number of nitrogens with zero attached hydrogens (tertiary/aromatic N) is 9. The number of ether oxygens (including phenoxy) is 2. The standard InChI is InChI=1S/C15H18N10O3/c1-9(26)20-14-13(22-25-18)12(21-24-17)11(7-19-23-16)28-15(14)27-8-10-5-3-2-4-6-10/h2-6,11-15H,7-8H2,1H3,(H,20,26)/t11-,12+,13-,14-,15-/m0/s1. The van der Waals surface area contributed by atoms with Gasteiger partial charge in [-0.2, -0.15) is 0 Å². The first-order chi connectivity index (χ1) is 13.6. The van der Waals surface area contributed by atoms with Crippen molar-refractivity contribution >= 4 is 5.91 Å². The summed E-state index contributed by atoms with van der Waals surface area (Å²) in [5, 5.41) is 13.4. The highest BCUT2D eigenvalue weighted by molar-refractivity contribution is 5.73. The minimum atomic E-state index is -1.02. The van der Waals surface area contributed by atoms with Gasteiger partial charge in [-0.1, -0.05) is 45.7 Å². The molecule has 1 aromatic carbocycles. The number of carbonyl (C=O) groups excluding carboxylic acids is 1. The summed E-state index contributed by atoms with van der Waals surface area (Å²) in [5.74, 6) is -0.409. The number of benzene rings is 1. The van der Waals surface area contributed by atoms with E-state index in [4.69, 9.17) is 26.1 Å². The third-order valence-corrected chi connectivity index (χ3v) is 4.02. The van der Waals surface area contributed by atoms with Gasteiger partial charge in [-0.3, -0.25) is 4.79 Å². The van der Waals surface area contributed by atoms with E-state index in [1.54, 1.807) is 0 Å². The minimum Gasteiger partial charge on any atom is -0.348 e. The Morgan fingerprint density at radius 2 is 1.82 bits per heavy atom. The maximum absolute atomic E-state index is 11.7. The van der Waals surface area contributed by atoms with Crippen molar-refractivity contribution in [3.05, 3.63) is 67.2 Å². The Hall–Kier alpha value is -3.46. The summed E-state index contributed by atoms with van der Waals surface area (Å²) in [6.45, 7) is 1.27. The lowest BCUT2D eigenvalue weighted by molar-refractivity contribution is -0.219. The van der Waals surface area contributed by atoms with Crippen LogP contribution in [0.2, 0.25) is 0 Å². The fourth-order valence-electron chi connectivity index (χ4n) is 2.88. The predicted molar refractivity (Wildman–Crippen MR) is 97.4 cm³/mol. The Bertz CT molecular complexity index is 815. The largest absolute Gasteiger partial charge is 0.348 e. The highest BCUT2D eigenvalue weighted by atomic mass is 16.7. The molecule has 0 unspecified atom stereocenters. The fraction of sp³-hybridized carbons (Fsp3) is 0.533. The van der Waals surface area contributed by atoms with Crippen molar-refractivity contribution in [3.8, 4) is 0 Å². The topological polar surface area (TPSA) is 194 Å². The average Bonchev–Trinajstić information content (AvgIpc) is 2.69. The molecule has 0 saturated carbocycles. The zero-order valence-electron chi connectivity index (χ0n) is 14.9. The molecule has 1 amide bonds. The van der Waals surface area contributed by atoms with Crippen LogP contribution in [0, 0.1) is 0 Å². The lowest BCUT2D eigenvalue weighted by Gasteiger charge is -2.43. The maximum Gasteiger partial charge on any atom is 0.217 e. The molecule has 0 aromatic heterocycles. The summed E-state index contributed by atoms with van der Waals surface area (Å²) in [7, 11) is 0. The smallest absolute Gasteiger partial charge is 0.217 e. The van der Waals surface area contributed by atoms with Crippen LogP contribution in [0.4, 0.5) is 0 Å². The molecule has 13 heteroatoms. The summed E-state index contributed by atoms with van der Waals surface area (Å²) in [4.78, 5) is 19.9. The Kier molecular flexibility index (Phi) is 7.92. The van der Waals surface area contributed by atoms with Crippen molar-refractivity contribution in [2.45, 2.75) is 44.1 Å². The first-order valence-electron chi connectivity index (χ1n) is 8.28. The molecule has 28 heavy (non-hydrogen) atoms. The number of nitrogens with one attached hydrogen (secondary N) is 1. The molecule has 146 valence electrons. The van der Waals surface area contributed by atoms with Crippen LogP contribution in [-0.4, -0.2) is 43.0 Å². The van der Waals surface area contributed by atoms with E-state index in [1.807, 2.05) is 30.3 Å². The number of amides is 1. The molecule has 1 aromatic rings. The monoisotopic (exact) mass is 386 g/mol. The van der Waals surface area contributed by atoms with Gasteiger partial charge in [-0.05, 0) is 22.2 Å². The van der Waals surface area contributed by atoms with Crippen molar-refractivity contribution in [2.75, 3.05) is 6.54 Å². The Morgan fingerprint density at radius 1 is 1.14 bits per heavy atom. The van der Waals surface area contributed by atoms with Crippen molar-refractivity contribution in [1.82, 2.24) is 5.32 Å². The highest BCUT2D eigenvalue weighted by Crippen LogP contribution is 2.28. The van der Waals surface area contributed by atoms with E-state index in [0.29, 0.717) is 0 Å². The number of carbonyl (C=O) groups is 1. The van der Waals surface area contributed by atoms with Crippen LogP contribution < -0.4 is 5.32 Å². The van der Waals surface area contributed by atoms with Gasteiger partial charge in [-0.15, -0.1) is 0 Å². The summed E-state index contributed by atoms with van der Waals surface area (Å²) in [6.07, 6.45) is -1.92. The molecule has 5 atom stereocenters. The molecule has 0 spiro atoms. The highest BCUT2D eigenvalue weighted by Gasteiger charge is 2.46. The van der Waals surface area contributed by atoms with E-state index in [1.165, 1.54) is 6.92 Å². The van der Waals surface area contributed by atoms with Crippen molar-refractivity contribution in [1.29, 1.82) is 0 Å². The Labute approximate surface area is 159 Å². The van der Waals surface area contributed by atoms with Crippen LogP contribution in [-0.2, 0) is 20.9 Å². The maximum atomic E-state index is 11.7. The van der Waals surface area contributed by atoms with Gasteiger partial charge in [0.1, 0.15) is 0 Å². The fourth-order valence-corrected chi connectivity index (χ4v) is 2.88. The van der Waals surface area contributed by atoms with Gasteiger partial charge in [0.05, 0.1) is 37.4 Å². The third-order valence-electron chi connectivity index (χ3n) is 4.02. The van der Waals surface area contributed by atoms with Gasteiger partial charge in [0, 0.05) is 21.7 Å². The first-order valence-corrected chi connectivity index (χ1v) is 8.28. The van der Waals surface area contributed by atoms with Crippen LogP contribution in [0.3, 0.4) is 0 Å². The number of azide groups is 3. The molecule has 1 fully saturated rings.